The summed E-state index contributed by atoms with van der Waals surface area (Å²) in [4.78, 5) is 40.0. The average molecular weight is 583 g/mol. The van der Waals surface area contributed by atoms with Crippen LogP contribution in [0, 0.1) is 5.92 Å². The lowest BCUT2D eigenvalue weighted by Crippen LogP contribution is -2.49. The van der Waals surface area contributed by atoms with Crippen LogP contribution < -0.4 is 20.9 Å². The summed E-state index contributed by atoms with van der Waals surface area (Å²) in [5.74, 6) is 1.46. The lowest BCUT2D eigenvalue weighted by Gasteiger charge is -2.35. The molecule has 0 spiro atoms. The van der Waals surface area contributed by atoms with E-state index in [0.717, 1.165) is 25.9 Å². The van der Waals surface area contributed by atoms with Crippen LogP contribution in [0.15, 0.2) is 6.20 Å². The number of nitrogens with two attached hydrogens (primary N) is 1. The largest absolute Gasteiger partial charge is 0.378 e. The molecule has 2 aromatic rings. The van der Waals surface area contributed by atoms with E-state index in [9.17, 15) is 13.6 Å². The Morgan fingerprint density at radius 1 is 1.00 bits per heavy atom. The Kier molecular flexibility index (Phi) is 10.6. The minimum absolute atomic E-state index is 0. The molecule has 40 heavy (non-hydrogen) atoms. The molecular formula is C25H37ClF2N10O2. The van der Waals surface area contributed by atoms with Crippen molar-refractivity contribution < 1.29 is 18.3 Å². The molecule has 5 rings (SSSR count). The molecule has 3 aliphatic heterocycles. The number of aromatic nitrogens is 5. The number of carbonyl (C=O) groups excluding carboxylic acids is 1. The number of halogens is 3. The Labute approximate surface area is 238 Å². The first kappa shape index (κ1) is 30.0. The van der Waals surface area contributed by atoms with Crippen LogP contribution in [0.25, 0.3) is 11.4 Å². The molecule has 0 aliphatic carbocycles. The van der Waals surface area contributed by atoms with Crippen molar-refractivity contribution in [1.82, 2.24) is 35.1 Å². The van der Waals surface area contributed by atoms with Crippen molar-refractivity contribution >= 4 is 36.2 Å². The maximum absolute atomic E-state index is 13.8. The van der Waals surface area contributed by atoms with Gasteiger partial charge in [0.05, 0.1) is 18.8 Å². The molecule has 220 valence electrons. The first-order valence-corrected chi connectivity index (χ1v) is 13.7. The number of morpholine rings is 1. The number of alkyl halides is 2. The average Bonchev–Trinajstić information content (AvgIpc) is 2.98. The number of amides is 1. The van der Waals surface area contributed by atoms with E-state index in [2.05, 4.69) is 30.2 Å². The fourth-order valence-corrected chi connectivity index (χ4v) is 5.29. The van der Waals surface area contributed by atoms with Gasteiger partial charge in [0, 0.05) is 51.9 Å². The third-order valence-electron chi connectivity index (χ3n) is 7.57. The molecule has 3 saturated heterocycles. The summed E-state index contributed by atoms with van der Waals surface area (Å²) in [6, 6.07) is 0. The van der Waals surface area contributed by atoms with Crippen LogP contribution in [-0.4, -0.2) is 101 Å². The Morgan fingerprint density at radius 3 is 2.30 bits per heavy atom. The maximum Gasteiger partial charge on any atom is 0.281 e. The second kappa shape index (κ2) is 14.1. The number of hydrogen-bond acceptors (Lipinski definition) is 11. The molecule has 1 amide bonds. The first-order valence-electron chi connectivity index (χ1n) is 13.7. The van der Waals surface area contributed by atoms with Crippen molar-refractivity contribution in [3.8, 4) is 11.4 Å². The molecule has 15 heteroatoms. The zero-order valence-electron chi connectivity index (χ0n) is 22.5. The van der Waals surface area contributed by atoms with Crippen molar-refractivity contribution in [2.75, 3.05) is 81.1 Å². The van der Waals surface area contributed by atoms with Gasteiger partial charge in [-0.1, -0.05) is 0 Å². The van der Waals surface area contributed by atoms with Crippen LogP contribution in [-0.2, 0) is 9.53 Å². The topological polar surface area (TPSA) is 139 Å². The fraction of sp³-hybridized carbons (Fsp3) is 0.680. The quantitative estimate of drug-likeness (QED) is 0.472. The molecule has 0 aromatic carbocycles. The molecule has 3 fully saturated rings. The van der Waals surface area contributed by atoms with Crippen molar-refractivity contribution in [2.45, 2.75) is 38.5 Å². The van der Waals surface area contributed by atoms with Gasteiger partial charge in [0.15, 0.2) is 5.82 Å². The van der Waals surface area contributed by atoms with E-state index in [1.165, 1.54) is 19.0 Å². The summed E-state index contributed by atoms with van der Waals surface area (Å²) < 4.78 is 33.1. The van der Waals surface area contributed by atoms with Crippen molar-refractivity contribution in [3.05, 3.63) is 11.9 Å². The Bertz CT molecular complexity index is 1130. The van der Waals surface area contributed by atoms with E-state index in [1.807, 2.05) is 14.7 Å². The lowest BCUT2D eigenvalue weighted by atomic mass is 9.92. The number of ether oxygens (including phenoxy) is 1. The van der Waals surface area contributed by atoms with Gasteiger partial charge in [0.2, 0.25) is 23.8 Å². The molecule has 0 saturated carbocycles. The van der Waals surface area contributed by atoms with Gasteiger partial charge in [-0.3, -0.25) is 4.79 Å². The minimum Gasteiger partial charge on any atom is -0.378 e. The Balaban J connectivity index is 0.00000370. The predicted molar refractivity (Wildman–Crippen MR) is 149 cm³/mol. The SMILES string of the molecule is Cl.Nc1ncc(-c2nc(N3CCOCC3)nc(N3CCN(C(=O)CCCC4CCNCC4)CC3)n2)c(C(F)F)n1. The fourth-order valence-electron chi connectivity index (χ4n) is 5.29. The number of carbonyl (C=O) groups is 1. The lowest BCUT2D eigenvalue weighted by molar-refractivity contribution is -0.131. The maximum atomic E-state index is 13.8. The standard InChI is InChI=1S/C25H36F2N10O2.ClH/c26-21(27)20-18(16-30-23(28)31-20)22-32-24(34-25(33-22)37-12-14-39-15-13-37)36-10-8-35(9-11-36)19(38)3-1-2-17-4-6-29-7-5-17;/h16-17,21,29H,1-15H2,(H2,28,30,31);1H. The monoisotopic (exact) mass is 582 g/mol. The number of rotatable bonds is 8. The van der Waals surface area contributed by atoms with Gasteiger partial charge in [-0.2, -0.15) is 15.0 Å². The molecule has 3 aliphatic rings. The van der Waals surface area contributed by atoms with Crippen LogP contribution in [0.4, 0.5) is 26.6 Å². The summed E-state index contributed by atoms with van der Waals surface area (Å²) in [6.07, 6.45) is 3.31. The van der Waals surface area contributed by atoms with Crippen molar-refractivity contribution in [1.29, 1.82) is 0 Å². The number of nitrogen functional groups attached to an aromatic ring is 1. The van der Waals surface area contributed by atoms with Crippen LogP contribution in [0.1, 0.15) is 44.2 Å². The van der Waals surface area contributed by atoms with Gasteiger partial charge in [-0.25, -0.2) is 18.7 Å². The summed E-state index contributed by atoms with van der Waals surface area (Å²) >= 11 is 0. The van der Waals surface area contributed by atoms with Crippen LogP contribution in [0.5, 0.6) is 0 Å². The molecular weight excluding hydrogens is 546 g/mol. The van der Waals surface area contributed by atoms with E-state index >= 15 is 0 Å². The van der Waals surface area contributed by atoms with Crippen molar-refractivity contribution in [3.63, 3.8) is 0 Å². The summed E-state index contributed by atoms with van der Waals surface area (Å²) in [7, 11) is 0. The molecule has 0 radical (unpaired) electrons. The van der Waals surface area contributed by atoms with Crippen molar-refractivity contribution in [2.24, 2.45) is 5.92 Å². The highest BCUT2D eigenvalue weighted by molar-refractivity contribution is 5.85. The number of nitrogens with zero attached hydrogens (tertiary/aromatic N) is 8. The molecule has 2 aromatic heterocycles. The smallest absolute Gasteiger partial charge is 0.281 e. The molecule has 5 heterocycles. The van der Waals surface area contributed by atoms with E-state index < -0.39 is 12.1 Å². The normalized spacial score (nSPS) is 18.6. The number of nitrogens with one attached hydrogen (secondary N) is 1. The van der Waals surface area contributed by atoms with Gasteiger partial charge >= 0.3 is 0 Å². The van der Waals surface area contributed by atoms with Gasteiger partial charge < -0.3 is 30.5 Å². The second-order valence-corrected chi connectivity index (χ2v) is 10.1. The van der Waals surface area contributed by atoms with Gasteiger partial charge in [0.1, 0.15) is 5.69 Å². The van der Waals surface area contributed by atoms with Crippen LogP contribution in [0.3, 0.4) is 0 Å². The first-order chi connectivity index (χ1) is 19.0. The summed E-state index contributed by atoms with van der Waals surface area (Å²) in [5.41, 5.74) is 5.06. The van der Waals surface area contributed by atoms with Crippen LogP contribution in [0.2, 0.25) is 0 Å². The molecule has 12 nitrogen and oxygen atoms in total. The molecule has 0 unspecified atom stereocenters. The molecule has 3 N–H and O–H groups in total. The van der Waals surface area contributed by atoms with Crippen LogP contribution >= 0.6 is 12.4 Å². The van der Waals surface area contributed by atoms with E-state index in [1.54, 1.807) is 0 Å². The number of anilines is 3. The second-order valence-electron chi connectivity index (χ2n) is 10.1. The van der Waals surface area contributed by atoms with Gasteiger partial charge in [0.25, 0.3) is 6.43 Å². The molecule has 0 bridgehead atoms. The van der Waals surface area contributed by atoms with Gasteiger partial charge in [-0.05, 0) is 44.7 Å². The highest BCUT2D eigenvalue weighted by Crippen LogP contribution is 2.30. The zero-order chi connectivity index (χ0) is 27.2. The molecule has 0 atom stereocenters. The Morgan fingerprint density at radius 2 is 1.65 bits per heavy atom. The predicted octanol–water partition coefficient (Wildman–Crippen LogP) is 1.93. The number of piperazine rings is 1. The number of hydrogen-bond donors (Lipinski definition) is 2. The van der Waals surface area contributed by atoms with E-state index in [-0.39, 0.29) is 35.7 Å². The zero-order valence-corrected chi connectivity index (χ0v) is 23.3. The highest BCUT2D eigenvalue weighted by atomic mass is 35.5. The highest BCUT2D eigenvalue weighted by Gasteiger charge is 2.27. The third-order valence-corrected chi connectivity index (χ3v) is 7.57. The van der Waals surface area contributed by atoms with E-state index in [4.69, 9.17) is 10.5 Å². The summed E-state index contributed by atoms with van der Waals surface area (Å²) in [5, 5.41) is 3.38. The van der Waals surface area contributed by atoms with E-state index in [0.29, 0.717) is 76.7 Å². The number of piperidine rings is 1. The summed E-state index contributed by atoms with van der Waals surface area (Å²) in [6.45, 7) is 6.48. The van der Waals surface area contributed by atoms with Gasteiger partial charge in [-0.15, -0.1) is 12.4 Å². The third kappa shape index (κ3) is 7.40. The Hall–Kier alpha value is -2.97. The minimum atomic E-state index is -2.87.